The van der Waals surface area contributed by atoms with Gasteiger partial charge in [0.05, 0.1) is 0 Å². The number of ether oxygens (including phenoxy) is 1. The van der Waals surface area contributed by atoms with E-state index in [2.05, 4.69) is 117 Å². The standard InChI is InChI=1S/C52H49GeN2O2P.Pt/c1-51(2,3)38-27-30-54-50(33-38)55-48-26-22-36(37-21-25-46-47(32-37)53(6,7)29-28-52(46,4)5)31-45(48)44-24-23-40(35-49(44)55)57-39-15-14-20-43(34-39)58(56,41-16-10-8-11-17-41)42-18-12-9-13-19-42;/h8-27,30-33H,28-29H2,1-7H3;/q-2;+2. The van der Waals surface area contributed by atoms with E-state index in [4.69, 9.17) is 9.72 Å². The van der Waals surface area contributed by atoms with Crippen LogP contribution >= 0.6 is 7.14 Å². The van der Waals surface area contributed by atoms with E-state index in [9.17, 15) is 0 Å². The summed E-state index contributed by atoms with van der Waals surface area (Å²) in [6.45, 7) is 11.5. The fraction of sp³-hybridized carbons (Fsp3) is 0.212. The average Bonchev–Trinajstić information content (AvgIpc) is 3.55. The van der Waals surface area contributed by atoms with Gasteiger partial charge in [-0.25, -0.2) is 0 Å². The van der Waals surface area contributed by atoms with Gasteiger partial charge in [-0.05, 0) is 0 Å². The van der Waals surface area contributed by atoms with Gasteiger partial charge in [0.15, 0.2) is 0 Å². The first-order valence-corrected chi connectivity index (χ1v) is 28.7. The Labute approximate surface area is 366 Å². The molecule has 0 amide bonds. The van der Waals surface area contributed by atoms with E-state index in [1.807, 2.05) is 91.1 Å². The van der Waals surface area contributed by atoms with E-state index in [1.165, 1.54) is 28.4 Å². The SMILES string of the molecule is CC(C)(C)c1ccnc(-n2c3[c-]c(Oc4[c-]c(P(=O)(c5ccccc5)c5ccccc5)ccc4)ccc3c3cc(-c4ccc5[c](c4)[Ge]([CH3])([CH3])[CH2]CC5(C)C)ccc32)c1.[Pt+2]. The van der Waals surface area contributed by atoms with Crippen molar-refractivity contribution in [3.63, 3.8) is 0 Å². The van der Waals surface area contributed by atoms with E-state index >= 15 is 4.57 Å². The van der Waals surface area contributed by atoms with Crippen LogP contribution in [0.1, 0.15) is 52.2 Å². The summed E-state index contributed by atoms with van der Waals surface area (Å²) >= 11 is -2.15. The number of rotatable bonds is 7. The van der Waals surface area contributed by atoms with Crippen molar-refractivity contribution in [2.75, 3.05) is 0 Å². The second-order valence-electron chi connectivity index (χ2n) is 18.1. The van der Waals surface area contributed by atoms with Gasteiger partial charge < -0.3 is 4.57 Å². The van der Waals surface area contributed by atoms with Gasteiger partial charge in [-0.1, -0.05) is 86.7 Å². The van der Waals surface area contributed by atoms with E-state index in [0.717, 1.165) is 38.2 Å². The Morgan fingerprint density at radius 1 is 0.729 bits per heavy atom. The average molecular weight is 1030 g/mol. The van der Waals surface area contributed by atoms with Crippen molar-refractivity contribution in [3.05, 3.63) is 169 Å². The third kappa shape index (κ3) is 7.52. The number of hydrogen-bond acceptors (Lipinski definition) is 3. The van der Waals surface area contributed by atoms with Gasteiger partial charge in [0.25, 0.3) is 0 Å². The van der Waals surface area contributed by atoms with Gasteiger partial charge in [-0.3, -0.25) is 0 Å². The van der Waals surface area contributed by atoms with E-state index < -0.39 is 20.4 Å². The van der Waals surface area contributed by atoms with Crippen LogP contribution < -0.4 is 25.0 Å². The second-order valence-corrected chi connectivity index (χ2v) is 30.9. The van der Waals surface area contributed by atoms with Crippen LogP contribution in [0.25, 0.3) is 38.8 Å². The summed E-state index contributed by atoms with van der Waals surface area (Å²) in [4.78, 5) is 4.93. The molecule has 4 nitrogen and oxygen atoms in total. The minimum Gasteiger partial charge on any atom is 2.00 e. The Morgan fingerprint density at radius 3 is 2.08 bits per heavy atom. The maximum Gasteiger partial charge on any atom is 2.00 e. The maximum atomic E-state index is 15.2. The number of benzene rings is 6. The third-order valence-corrected chi connectivity index (χ3v) is 22.3. The van der Waals surface area contributed by atoms with E-state index in [-0.39, 0.29) is 31.9 Å². The first-order valence-electron chi connectivity index (χ1n) is 20.3. The molecule has 3 heterocycles. The molecule has 0 atom stereocenters. The van der Waals surface area contributed by atoms with Crippen molar-refractivity contribution in [1.82, 2.24) is 9.55 Å². The fourth-order valence-corrected chi connectivity index (χ4v) is 18.0. The monoisotopic (exact) mass is 1030 g/mol. The van der Waals surface area contributed by atoms with Crippen LogP contribution in [0.3, 0.4) is 0 Å². The normalized spacial score (nSPS) is 14.8. The van der Waals surface area contributed by atoms with E-state index in [1.54, 1.807) is 9.96 Å². The Kier molecular flexibility index (Phi) is 10.9. The molecule has 0 aliphatic carbocycles. The number of aromatic nitrogens is 2. The molecule has 298 valence electrons. The van der Waals surface area contributed by atoms with Crippen molar-refractivity contribution >= 4 is 62.5 Å². The largest absolute Gasteiger partial charge is 2.00 e. The van der Waals surface area contributed by atoms with Gasteiger partial charge in [0.2, 0.25) is 0 Å². The molecule has 0 spiro atoms. The molecule has 6 aromatic carbocycles. The molecule has 0 saturated carbocycles. The number of hydrogen-bond donors (Lipinski definition) is 0. The molecular weight excluding hydrogens is 983 g/mol. The van der Waals surface area contributed by atoms with Gasteiger partial charge in [0, 0.05) is 10.6 Å². The van der Waals surface area contributed by atoms with Crippen molar-refractivity contribution in [2.24, 2.45) is 0 Å². The van der Waals surface area contributed by atoms with Crippen LogP contribution in [-0.4, -0.2) is 22.8 Å². The maximum absolute atomic E-state index is 15.2. The van der Waals surface area contributed by atoms with Crippen LogP contribution in [0.15, 0.2) is 146 Å². The zero-order valence-electron chi connectivity index (χ0n) is 34.7. The smallest absolute Gasteiger partial charge is 2.00 e. The molecule has 0 unspecified atom stereocenters. The summed E-state index contributed by atoms with van der Waals surface area (Å²) in [5.74, 6) is 6.99. The first kappa shape index (κ1) is 41.3. The van der Waals surface area contributed by atoms with E-state index in [0.29, 0.717) is 16.8 Å². The zero-order valence-corrected chi connectivity index (χ0v) is 40.0. The van der Waals surface area contributed by atoms with Crippen molar-refractivity contribution in [2.45, 2.75) is 68.6 Å². The second kappa shape index (κ2) is 15.5. The molecule has 9 rings (SSSR count). The summed E-state index contributed by atoms with van der Waals surface area (Å²) < 4.78 is 25.6. The quantitative estimate of drug-likeness (QED) is 0.0908. The van der Waals surface area contributed by atoms with Crippen molar-refractivity contribution in [3.8, 4) is 28.4 Å². The van der Waals surface area contributed by atoms with Crippen molar-refractivity contribution < 1.29 is 30.4 Å². The number of nitrogens with zero attached hydrogens (tertiary/aromatic N) is 2. The molecule has 7 heteroatoms. The Hall–Kier alpha value is -4.47. The summed E-state index contributed by atoms with van der Waals surface area (Å²) in [6.07, 6.45) is 3.18. The topological polar surface area (TPSA) is 44.1 Å². The van der Waals surface area contributed by atoms with Gasteiger partial charge in [-0.15, -0.1) is 12.1 Å². The Balaban J connectivity index is 0.00000484. The van der Waals surface area contributed by atoms with Crippen LogP contribution in [0.2, 0.25) is 16.8 Å². The molecule has 1 aliphatic rings. The summed E-state index contributed by atoms with van der Waals surface area (Å²) in [5.41, 5.74) is 7.32. The van der Waals surface area contributed by atoms with Gasteiger partial charge in [0.1, 0.15) is 7.14 Å². The minimum atomic E-state index is -3.24. The third-order valence-electron chi connectivity index (χ3n) is 12.2. The summed E-state index contributed by atoms with van der Waals surface area (Å²) in [5, 5.41) is 5.66. The molecule has 1 aliphatic heterocycles. The van der Waals surface area contributed by atoms with Gasteiger partial charge in [-0.2, -0.15) is 12.1 Å². The molecular formula is C52H49GeN2O2PPt. The number of pyridine rings is 1. The Bertz CT molecular complexity index is 2850. The predicted molar refractivity (Wildman–Crippen MR) is 246 cm³/mol. The molecule has 0 fully saturated rings. The summed E-state index contributed by atoms with van der Waals surface area (Å²) in [6, 6.07) is 54.5. The molecule has 0 N–H and O–H groups in total. The van der Waals surface area contributed by atoms with Crippen molar-refractivity contribution in [1.29, 1.82) is 0 Å². The first-order chi connectivity index (χ1) is 27.7. The van der Waals surface area contributed by atoms with Crippen LogP contribution in [0.5, 0.6) is 11.5 Å². The van der Waals surface area contributed by atoms with Crippen LogP contribution in [0.4, 0.5) is 0 Å². The molecule has 0 saturated heterocycles. The predicted octanol–water partition coefficient (Wildman–Crippen LogP) is 11.8. The zero-order chi connectivity index (χ0) is 40.5. The Morgan fingerprint density at radius 2 is 1.39 bits per heavy atom. The molecule has 2 aromatic heterocycles. The molecule has 59 heavy (non-hydrogen) atoms. The summed E-state index contributed by atoms with van der Waals surface area (Å²) in [7, 11) is -3.24. The van der Waals surface area contributed by atoms with Crippen LogP contribution in [0, 0.1) is 12.1 Å². The fourth-order valence-electron chi connectivity index (χ4n) is 8.68. The van der Waals surface area contributed by atoms with Crippen LogP contribution in [-0.2, 0) is 36.5 Å². The molecule has 0 radical (unpaired) electrons. The number of fused-ring (bicyclic) bond motifs is 4. The molecule has 8 aromatic rings. The minimum absolute atomic E-state index is 0. The molecule has 0 bridgehead atoms. The van der Waals surface area contributed by atoms with Gasteiger partial charge >= 0.3 is 235 Å².